The van der Waals surface area contributed by atoms with Gasteiger partial charge in [-0.15, -0.1) is 11.3 Å². The van der Waals surface area contributed by atoms with Crippen molar-refractivity contribution in [3.63, 3.8) is 0 Å². The third-order valence-corrected chi connectivity index (χ3v) is 3.76. The van der Waals surface area contributed by atoms with Crippen LogP contribution in [0.25, 0.3) is 10.2 Å². The lowest BCUT2D eigenvalue weighted by Crippen LogP contribution is -2.20. The predicted molar refractivity (Wildman–Crippen MR) is 84.5 cm³/mol. The lowest BCUT2D eigenvalue weighted by molar-refractivity contribution is -0.118. The molecule has 0 saturated heterocycles. The number of rotatable bonds is 5. The molecular weight excluding hydrogens is 302 g/mol. The minimum Gasteiger partial charge on any atom is -0.497 e. The Labute approximate surface area is 130 Å². The van der Waals surface area contributed by atoms with Crippen molar-refractivity contribution >= 4 is 33.1 Å². The number of amides is 1. The molecule has 1 amide bonds. The fraction of sp³-hybridized carbons (Fsp3) is 0.133. The van der Waals surface area contributed by atoms with Gasteiger partial charge in [0.2, 0.25) is 5.88 Å². The van der Waals surface area contributed by atoms with Crippen molar-refractivity contribution in [2.45, 2.75) is 0 Å². The van der Waals surface area contributed by atoms with E-state index in [-0.39, 0.29) is 12.5 Å². The van der Waals surface area contributed by atoms with Crippen LogP contribution in [0.1, 0.15) is 0 Å². The summed E-state index contributed by atoms with van der Waals surface area (Å²) in [6.07, 6.45) is 1.43. The van der Waals surface area contributed by atoms with E-state index >= 15 is 0 Å². The van der Waals surface area contributed by atoms with Crippen LogP contribution in [0.15, 0.2) is 42.0 Å². The van der Waals surface area contributed by atoms with Gasteiger partial charge in [0.05, 0.1) is 12.5 Å². The number of carbonyl (C=O) groups is 1. The number of nitrogens with zero attached hydrogens (tertiary/aromatic N) is 2. The van der Waals surface area contributed by atoms with Gasteiger partial charge < -0.3 is 14.8 Å². The highest BCUT2D eigenvalue weighted by atomic mass is 32.1. The first kappa shape index (κ1) is 14.3. The summed E-state index contributed by atoms with van der Waals surface area (Å²) in [6, 6.07) is 8.94. The van der Waals surface area contributed by atoms with Crippen molar-refractivity contribution < 1.29 is 14.3 Å². The zero-order valence-corrected chi connectivity index (χ0v) is 12.6. The number of carbonyl (C=O) groups excluding carboxylic acids is 1. The van der Waals surface area contributed by atoms with Gasteiger partial charge in [-0.05, 0) is 35.7 Å². The zero-order valence-electron chi connectivity index (χ0n) is 11.8. The fourth-order valence-electron chi connectivity index (χ4n) is 1.89. The number of nitrogens with one attached hydrogen (secondary N) is 1. The molecule has 0 fully saturated rings. The molecule has 2 aromatic heterocycles. The number of aromatic nitrogens is 2. The molecule has 7 heteroatoms. The van der Waals surface area contributed by atoms with Crippen LogP contribution in [-0.2, 0) is 4.79 Å². The Morgan fingerprint density at radius 2 is 2.05 bits per heavy atom. The van der Waals surface area contributed by atoms with Crippen molar-refractivity contribution in [3.05, 3.63) is 42.0 Å². The Kier molecular flexibility index (Phi) is 4.15. The van der Waals surface area contributed by atoms with Gasteiger partial charge in [0, 0.05) is 5.69 Å². The first-order valence-corrected chi connectivity index (χ1v) is 7.39. The maximum atomic E-state index is 11.9. The molecule has 6 nitrogen and oxygen atoms in total. The molecule has 0 radical (unpaired) electrons. The number of methoxy groups -OCH3 is 1. The summed E-state index contributed by atoms with van der Waals surface area (Å²) in [5, 5.41) is 5.46. The number of benzene rings is 1. The molecular formula is C15H13N3O3S. The summed E-state index contributed by atoms with van der Waals surface area (Å²) in [5.74, 6) is 0.887. The highest BCUT2D eigenvalue weighted by molar-refractivity contribution is 7.16. The van der Waals surface area contributed by atoms with Crippen LogP contribution in [0.4, 0.5) is 5.69 Å². The summed E-state index contributed by atoms with van der Waals surface area (Å²) >= 11 is 1.50. The SMILES string of the molecule is COc1ccc(NC(=O)COc2ncnc3sccc23)cc1. The molecule has 0 bridgehead atoms. The predicted octanol–water partition coefficient (Wildman–Crippen LogP) is 2.72. The summed E-state index contributed by atoms with van der Waals surface area (Å²) in [4.78, 5) is 20.9. The van der Waals surface area contributed by atoms with E-state index in [1.165, 1.54) is 17.7 Å². The molecule has 0 atom stereocenters. The molecule has 1 N–H and O–H groups in total. The number of hydrogen-bond acceptors (Lipinski definition) is 6. The molecule has 3 rings (SSSR count). The maximum Gasteiger partial charge on any atom is 0.262 e. The number of thiophene rings is 1. The average Bonchev–Trinajstić information content (AvgIpc) is 3.03. The number of hydrogen-bond donors (Lipinski definition) is 1. The van der Waals surface area contributed by atoms with E-state index in [0.717, 1.165) is 16.0 Å². The molecule has 1 aromatic carbocycles. The van der Waals surface area contributed by atoms with Crippen LogP contribution in [0.2, 0.25) is 0 Å². The van der Waals surface area contributed by atoms with E-state index in [9.17, 15) is 4.79 Å². The Morgan fingerprint density at radius 1 is 1.23 bits per heavy atom. The zero-order chi connectivity index (χ0) is 15.4. The summed E-state index contributed by atoms with van der Waals surface area (Å²) in [5.41, 5.74) is 0.678. The second-order valence-corrected chi connectivity index (χ2v) is 5.28. The van der Waals surface area contributed by atoms with Gasteiger partial charge in [0.25, 0.3) is 5.91 Å². The highest BCUT2D eigenvalue weighted by Crippen LogP contribution is 2.25. The third-order valence-electron chi connectivity index (χ3n) is 2.94. The molecule has 112 valence electrons. The Balaban J connectivity index is 1.61. The smallest absolute Gasteiger partial charge is 0.262 e. The van der Waals surface area contributed by atoms with Gasteiger partial charge in [0.1, 0.15) is 16.9 Å². The summed E-state index contributed by atoms with van der Waals surface area (Å²) in [7, 11) is 1.59. The standard InChI is InChI=1S/C15H13N3O3S/c1-20-11-4-2-10(3-5-11)18-13(19)8-21-14-12-6-7-22-15(12)17-9-16-14/h2-7,9H,8H2,1H3,(H,18,19). The second-order valence-electron chi connectivity index (χ2n) is 4.38. The van der Waals surface area contributed by atoms with Crippen molar-refractivity contribution in [3.8, 4) is 11.6 Å². The lowest BCUT2D eigenvalue weighted by Gasteiger charge is -2.08. The van der Waals surface area contributed by atoms with Crippen LogP contribution in [-0.4, -0.2) is 29.6 Å². The van der Waals surface area contributed by atoms with Crippen LogP contribution < -0.4 is 14.8 Å². The summed E-state index contributed by atoms with van der Waals surface area (Å²) in [6.45, 7) is -0.117. The maximum absolute atomic E-state index is 11.9. The minimum absolute atomic E-state index is 0.117. The van der Waals surface area contributed by atoms with Gasteiger partial charge in [0.15, 0.2) is 6.61 Å². The molecule has 0 unspecified atom stereocenters. The van der Waals surface area contributed by atoms with Gasteiger partial charge in [-0.2, -0.15) is 0 Å². The van der Waals surface area contributed by atoms with Gasteiger partial charge in [-0.25, -0.2) is 9.97 Å². The monoisotopic (exact) mass is 315 g/mol. The van der Waals surface area contributed by atoms with Crippen molar-refractivity contribution in [2.24, 2.45) is 0 Å². The van der Waals surface area contributed by atoms with E-state index in [1.807, 2.05) is 11.4 Å². The minimum atomic E-state index is -0.257. The molecule has 2 heterocycles. The molecule has 0 aliphatic carbocycles. The first-order chi connectivity index (χ1) is 10.8. The van der Waals surface area contributed by atoms with E-state index < -0.39 is 0 Å². The highest BCUT2D eigenvalue weighted by Gasteiger charge is 2.09. The van der Waals surface area contributed by atoms with Crippen molar-refractivity contribution in [1.29, 1.82) is 0 Å². The summed E-state index contributed by atoms with van der Waals surface area (Å²) < 4.78 is 10.5. The van der Waals surface area contributed by atoms with Crippen LogP contribution in [0, 0.1) is 0 Å². The van der Waals surface area contributed by atoms with Gasteiger partial charge in [-0.3, -0.25) is 4.79 Å². The van der Waals surface area contributed by atoms with Gasteiger partial charge in [-0.1, -0.05) is 0 Å². The molecule has 0 saturated carbocycles. The number of fused-ring (bicyclic) bond motifs is 1. The normalized spacial score (nSPS) is 10.4. The van der Waals surface area contributed by atoms with Crippen molar-refractivity contribution in [2.75, 3.05) is 19.0 Å². The van der Waals surface area contributed by atoms with Gasteiger partial charge >= 0.3 is 0 Å². The number of anilines is 1. The quantitative estimate of drug-likeness (QED) is 0.783. The van der Waals surface area contributed by atoms with Crippen LogP contribution >= 0.6 is 11.3 Å². The van der Waals surface area contributed by atoms with E-state index in [2.05, 4.69) is 15.3 Å². The van der Waals surface area contributed by atoms with Crippen molar-refractivity contribution in [1.82, 2.24) is 9.97 Å². The average molecular weight is 315 g/mol. The number of ether oxygens (including phenoxy) is 2. The molecule has 0 aliphatic rings. The van der Waals surface area contributed by atoms with E-state index in [1.54, 1.807) is 31.4 Å². The Bertz CT molecular complexity index is 786. The molecule has 0 aliphatic heterocycles. The topological polar surface area (TPSA) is 73.3 Å². The second kappa shape index (κ2) is 6.40. The Morgan fingerprint density at radius 3 is 2.82 bits per heavy atom. The molecule has 0 spiro atoms. The first-order valence-electron chi connectivity index (χ1n) is 6.51. The molecule has 22 heavy (non-hydrogen) atoms. The Hall–Kier alpha value is -2.67. The third kappa shape index (κ3) is 3.15. The molecule has 3 aromatic rings. The van der Waals surface area contributed by atoms with Crippen LogP contribution in [0.3, 0.4) is 0 Å². The lowest BCUT2D eigenvalue weighted by atomic mass is 10.3. The van der Waals surface area contributed by atoms with Crippen LogP contribution in [0.5, 0.6) is 11.6 Å². The van der Waals surface area contributed by atoms with E-state index in [0.29, 0.717) is 11.6 Å². The van der Waals surface area contributed by atoms with E-state index in [4.69, 9.17) is 9.47 Å². The fourth-order valence-corrected chi connectivity index (χ4v) is 2.61. The largest absolute Gasteiger partial charge is 0.497 e.